The summed E-state index contributed by atoms with van der Waals surface area (Å²) in [5.74, 6) is 1.79. The SMILES string of the molecule is Cc1cc(C)c(OCC(=O)N/N=C/c2ccc3c(c2)OCO3)c(C)c1. The molecule has 1 heterocycles. The molecule has 0 aliphatic carbocycles. The lowest BCUT2D eigenvalue weighted by atomic mass is 10.1. The van der Waals surface area contributed by atoms with Crippen LogP contribution in [0.5, 0.6) is 17.2 Å². The lowest BCUT2D eigenvalue weighted by Crippen LogP contribution is -2.25. The summed E-state index contributed by atoms with van der Waals surface area (Å²) in [6.07, 6.45) is 1.54. The molecular weight excluding hydrogens is 320 g/mol. The van der Waals surface area contributed by atoms with Gasteiger partial charge in [0.1, 0.15) is 5.75 Å². The Hall–Kier alpha value is -3.02. The fourth-order valence-electron chi connectivity index (χ4n) is 2.74. The standard InChI is InChI=1S/C19H20N2O4/c1-12-6-13(2)19(14(3)7-12)23-10-18(22)21-20-9-15-4-5-16-17(8-15)25-11-24-16/h4-9H,10-11H2,1-3H3,(H,21,22)/b20-9+. The van der Waals surface area contributed by atoms with Gasteiger partial charge in [-0.25, -0.2) is 5.43 Å². The van der Waals surface area contributed by atoms with Gasteiger partial charge in [-0.1, -0.05) is 17.7 Å². The Morgan fingerprint density at radius 2 is 1.88 bits per heavy atom. The molecule has 2 aromatic rings. The van der Waals surface area contributed by atoms with Gasteiger partial charge in [-0.15, -0.1) is 0 Å². The lowest BCUT2D eigenvalue weighted by molar-refractivity contribution is -0.123. The number of amides is 1. The van der Waals surface area contributed by atoms with Crippen molar-refractivity contribution in [1.82, 2.24) is 5.43 Å². The molecule has 2 aromatic carbocycles. The highest BCUT2D eigenvalue weighted by Crippen LogP contribution is 2.32. The minimum atomic E-state index is -0.323. The van der Waals surface area contributed by atoms with Gasteiger partial charge < -0.3 is 14.2 Å². The molecule has 0 radical (unpaired) electrons. The molecule has 6 heteroatoms. The minimum absolute atomic E-state index is 0.0940. The summed E-state index contributed by atoms with van der Waals surface area (Å²) in [4.78, 5) is 11.9. The smallest absolute Gasteiger partial charge is 0.277 e. The van der Waals surface area contributed by atoms with E-state index in [0.717, 1.165) is 22.4 Å². The summed E-state index contributed by atoms with van der Waals surface area (Å²) in [6.45, 7) is 6.09. The van der Waals surface area contributed by atoms with Crippen molar-refractivity contribution < 1.29 is 19.0 Å². The normalized spacial score (nSPS) is 12.4. The Morgan fingerprint density at radius 3 is 2.64 bits per heavy atom. The van der Waals surface area contributed by atoms with Gasteiger partial charge in [0.15, 0.2) is 18.1 Å². The number of rotatable bonds is 5. The molecule has 0 unspecified atom stereocenters. The fraction of sp³-hybridized carbons (Fsp3) is 0.263. The maximum Gasteiger partial charge on any atom is 0.277 e. The number of fused-ring (bicyclic) bond motifs is 1. The molecule has 1 aliphatic rings. The number of hydrazone groups is 1. The second kappa shape index (κ2) is 7.25. The number of carbonyl (C=O) groups excluding carboxylic acids is 1. The van der Waals surface area contributed by atoms with Gasteiger partial charge in [-0.3, -0.25) is 4.79 Å². The van der Waals surface area contributed by atoms with Crippen LogP contribution in [0.25, 0.3) is 0 Å². The van der Waals surface area contributed by atoms with Crippen molar-refractivity contribution in [2.45, 2.75) is 20.8 Å². The molecule has 0 atom stereocenters. The first-order valence-electron chi connectivity index (χ1n) is 7.95. The summed E-state index contributed by atoms with van der Waals surface area (Å²) in [5, 5.41) is 3.94. The molecule has 0 saturated carbocycles. The van der Waals surface area contributed by atoms with Crippen molar-refractivity contribution >= 4 is 12.1 Å². The third kappa shape index (κ3) is 4.09. The highest BCUT2D eigenvalue weighted by molar-refractivity contribution is 5.83. The number of benzene rings is 2. The molecule has 1 amide bonds. The van der Waals surface area contributed by atoms with Gasteiger partial charge in [0.05, 0.1) is 6.21 Å². The summed E-state index contributed by atoms with van der Waals surface area (Å²) >= 11 is 0. The van der Waals surface area contributed by atoms with Crippen LogP contribution in [0.15, 0.2) is 35.4 Å². The molecule has 0 saturated heterocycles. The highest BCUT2D eigenvalue weighted by Gasteiger charge is 2.12. The van der Waals surface area contributed by atoms with Crippen LogP contribution in [0, 0.1) is 20.8 Å². The maximum atomic E-state index is 11.9. The number of ether oxygens (including phenoxy) is 3. The van der Waals surface area contributed by atoms with E-state index in [1.54, 1.807) is 18.3 Å². The van der Waals surface area contributed by atoms with Gasteiger partial charge in [0.2, 0.25) is 6.79 Å². The number of hydrogen-bond donors (Lipinski definition) is 1. The molecule has 0 fully saturated rings. The molecular formula is C19H20N2O4. The van der Waals surface area contributed by atoms with E-state index < -0.39 is 0 Å². The predicted molar refractivity (Wildman–Crippen MR) is 94.4 cm³/mol. The van der Waals surface area contributed by atoms with Crippen LogP contribution in [0.3, 0.4) is 0 Å². The Morgan fingerprint density at radius 1 is 1.16 bits per heavy atom. The van der Waals surface area contributed by atoms with Crippen LogP contribution < -0.4 is 19.6 Å². The second-order valence-corrected chi connectivity index (χ2v) is 5.92. The average Bonchev–Trinajstić information content (AvgIpc) is 3.01. The van der Waals surface area contributed by atoms with Gasteiger partial charge in [0.25, 0.3) is 5.91 Å². The van der Waals surface area contributed by atoms with Crippen LogP contribution in [-0.2, 0) is 4.79 Å². The average molecular weight is 340 g/mol. The topological polar surface area (TPSA) is 69.2 Å². The van der Waals surface area contributed by atoms with Gasteiger partial charge >= 0.3 is 0 Å². The molecule has 130 valence electrons. The summed E-state index contributed by atoms with van der Waals surface area (Å²) in [7, 11) is 0. The number of nitrogens with zero attached hydrogens (tertiary/aromatic N) is 1. The molecule has 6 nitrogen and oxygen atoms in total. The van der Waals surface area contributed by atoms with E-state index in [0.29, 0.717) is 11.5 Å². The molecule has 3 rings (SSSR count). The van der Waals surface area contributed by atoms with Crippen LogP contribution in [0.2, 0.25) is 0 Å². The van der Waals surface area contributed by atoms with Crippen molar-refractivity contribution in [3.05, 3.63) is 52.6 Å². The third-order valence-corrected chi connectivity index (χ3v) is 3.75. The maximum absolute atomic E-state index is 11.9. The molecule has 0 spiro atoms. The summed E-state index contributed by atoms with van der Waals surface area (Å²) < 4.78 is 16.2. The Kier molecular flexibility index (Phi) is 4.88. The molecule has 1 N–H and O–H groups in total. The Balaban J connectivity index is 1.53. The van der Waals surface area contributed by atoms with Crippen molar-refractivity contribution in [3.63, 3.8) is 0 Å². The Labute approximate surface area is 146 Å². The van der Waals surface area contributed by atoms with Crippen LogP contribution >= 0.6 is 0 Å². The van der Waals surface area contributed by atoms with Crippen LogP contribution in [-0.4, -0.2) is 25.5 Å². The largest absolute Gasteiger partial charge is 0.483 e. The molecule has 25 heavy (non-hydrogen) atoms. The van der Waals surface area contributed by atoms with Gasteiger partial charge in [-0.2, -0.15) is 5.10 Å². The minimum Gasteiger partial charge on any atom is -0.483 e. The van der Waals surface area contributed by atoms with Crippen LogP contribution in [0.1, 0.15) is 22.3 Å². The zero-order valence-electron chi connectivity index (χ0n) is 14.5. The van der Waals surface area contributed by atoms with E-state index in [1.165, 1.54) is 5.56 Å². The Bertz CT molecular complexity index is 807. The number of nitrogens with one attached hydrogen (secondary N) is 1. The monoisotopic (exact) mass is 340 g/mol. The summed E-state index contributed by atoms with van der Waals surface area (Å²) in [6, 6.07) is 9.49. The second-order valence-electron chi connectivity index (χ2n) is 5.92. The van der Waals surface area contributed by atoms with Crippen LogP contribution in [0.4, 0.5) is 0 Å². The van der Waals surface area contributed by atoms with Crippen molar-refractivity contribution in [3.8, 4) is 17.2 Å². The number of aryl methyl sites for hydroxylation is 3. The van der Waals surface area contributed by atoms with Gasteiger partial charge in [0, 0.05) is 0 Å². The highest BCUT2D eigenvalue weighted by atomic mass is 16.7. The first-order chi connectivity index (χ1) is 12.0. The first-order valence-corrected chi connectivity index (χ1v) is 7.95. The number of carbonyl (C=O) groups is 1. The molecule has 0 aromatic heterocycles. The van der Waals surface area contributed by atoms with E-state index in [2.05, 4.69) is 10.5 Å². The third-order valence-electron chi connectivity index (χ3n) is 3.75. The number of hydrogen-bond acceptors (Lipinski definition) is 5. The van der Waals surface area contributed by atoms with Crippen molar-refractivity contribution in [2.24, 2.45) is 5.10 Å². The van der Waals surface area contributed by atoms with Gasteiger partial charge in [-0.05, 0) is 55.7 Å². The summed E-state index contributed by atoms with van der Waals surface area (Å²) in [5.41, 5.74) is 6.44. The fourth-order valence-corrected chi connectivity index (χ4v) is 2.74. The lowest BCUT2D eigenvalue weighted by Gasteiger charge is -2.12. The quantitative estimate of drug-likeness (QED) is 0.671. The van der Waals surface area contributed by atoms with E-state index in [1.807, 2.05) is 39.0 Å². The van der Waals surface area contributed by atoms with E-state index in [9.17, 15) is 4.79 Å². The molecule has 1 aliphatic heterocycles. The van der Waals surface area contributed by atoms with Crippen molar-refractivity contribution in [1.29, 1.82) is 0 Å². The van der Waals surface area contributed by atoms with E-state index >= 15 is 0 Å². The zero-order valence-corrected chi connectivity index (χ0v) is 14.5. The van der Waals surface area contributed by atoms with E-state index in [4.69, 9.17) is 14.2 Å². The molecule has 0 bridgehead atoms. The first kappa shape index (κ1) is 16.8. The zero-order chi connectivity index (χ0) is 17.8. The van der Waals surface area contributed by atoms with E-state index in [-0.39, 0.29) is 19.3 Å². The van der Waals surface area contributed by atoms with Crippen molar-refractivity contribution in [2.75, 3.05) is 13.4 Å². The predicted octanol–water partition coefficient (Wildman–Crippen LogP) is 2.87.